The highest BCUT2D eigenvalue weighted by atomic mass is 127. The van der Waals surface area contributed by atoms with Gasteiger partial charge in [0.1, 0.15) is 11.8 Å². The van der Waals surface area contributed by atoms with Gasteiger partial charge in [-0.25, -0.2) is 9.79 Å². The number of nitrogens with zero attached hydrogens (tertiary/aromatic N) is 2. The first-order valence-electron chi connectivity index (χ1n) is 10.0. The van der Waals surface area contributed by atoms with E-state index in [1.54, 1.807) is 25.5 Å². The molecule has 164 valence electrons. The topological polar surface area (TPSA) is 69.9 Å². The molecule has 2 aromatic carbocycles. The Morgan fingerprint density at radius 1 is 1.22 bits per heavy atom. The number of esters is 1. The molecule has 1 unspecified atom stereocenters. The van der Waals surface area contributed by atoms with Gasteiger partial charge in [0.2, 0.25) is 0 Å². The zero-order valence-electron chi connectivity index (χ0n) is 17.8. The van der Waals surface area contributed by atoms with Gasteiger partial charge in [0.15, 0.2) is 4.80 Å². The monoisotopic (exact) mass is 560 g/mol. The van der Waals surface area contributed by atoms with E-state index in [1.165, 1.54) is 11.3 Å². The fourth-order valence-electron chi connectivity index (χ4n) is 3.69. The summed E-state index contributed by atoms with van der Waals surface area (Å²) in [6, 6.07) is 14.6. The summed E-state index contributed by atoms with van der Waals surface area (Å²) in [6.07, 6.45) is 1.85. The fraction of sp³-hybridized carbons (Fsp3) is 0.208. The lowest BCUT2D eigenvalue weighted by atomic mass is 9.95. The average molecular weight is 560 g/mol. The highest BCUT2D eigenvalue weighted by Gasteiger charge is 2.34. The number of thiazole rings is 1. The lowest BCUT2D eigenvalue weighted by molar-refractivity contribution is -0.139. The molecule has 1 aliphatic rings. The van der Waals surface area contributed by atoms with Gasteiger partial charge >= 0.3 is 5.97 Å². The van der Waals surface area contributed by atoms with E-state index in [4.69, 9.17) is 9.47 Å². The first-order chi connectivity index (χ1) is 15.4. The molecule has 0 N–H and O–H groups in total. The highest BCUT2D eigenvalue weighted by Crippen LogP contribution is 2.35. The number of fused-ring (bicyclic) bond motifs is 1. The van der Waals surface area contributed by atoms with E-state index in [-0.39, 0.29) is 12.2 Å². The van der Waals surface area contributed by atoms with Crippen molar-refractivity contribution in [3.8, 4) is 5.75 Å². The third-order valence-electron chi connectivity index (χ3n) is 5.12. The van der Waals surface area contributed by atoms with Gasteiger partial charge in [0.25, 0.3) is 5.56 Å². The molecule has 0 bridgehead atoms. The number of hydrogen-bond acceptors (Lipinski definition) is 6. The van der Waals surface area contributed by atoms with Crippen molar-refractivity contribution in [2.75, 3.05) is 13.7 Å². The van der Waals surface area contributed by atoms with Crippen LogP contribution in [0.5, 0.6) is 5.75 Å². The smallest absolute Gasteiger partial charge is 0.338 e. The number of allylic oxidation sites excluding steroid dienone is 1. The van der Waals surface area contributed by atoms with Crippen molar-refractivity contribution in [3.05, 3.63) is 94.2 Å². The number of benzene rings is 2. The predicted octanol–water partition coefficient (Wildman–Crippen LogP) is 3.41. The molecular formula is C24H21IN2O4S. The summed E-state index contributed by atoms with van der Waals surface area (Å²) in [6.45, 7) is 3.75. The SMILES string of the molecule is CCOC(=O)C1=C(C)N=c2sc(=Cc3ccc(I)cc3)c(=O)n2C1c1ccccc1OC. The van der Waals surface area contributed by atoms with Gasteiger partial charge in [-0.2, -0.15) is 0 Å². The summed E-state index contributed by atoms with van der Waals surface area (Å²) in [7, 11) is 1.57. The maximum Gasteiger partial charge on any atom is 0.338 e. The molecule has 0 saturated heterocycles. The number of ether oxygens (including phenoxy) is 2. The molecule has 1 aliphatic heterocycles. The van der Waals surface area contributed by atoms with Crippen molar-refractivity contribution in [2.24, 2.45) is 4.99 Å². The van der Waals surface area contributed by atoms with Crippen molar-refractivity contribution in [3.63, 3.8) is 0 Å². The molecule has 8 heteroatoms. The number of carbonyl (C=O) groups is 1. The summed E-state index contributed by atoms with van der Waals surface area (Å²) in [5, 5.41) is 0. The summed E-state index contributed by atoms with van der Waals surface area (Å²) < 4.78 is 14.1. The van der Waals surface area contributed by atoms with Gasteiger partial charge in [-0.1, -0.05) is 41.7 Å². The molecule has 2 heterocycles. The molecule has 0 spiro atoms. The highest BCUT2D eigenvalue weighted by molar-refractivity contribution is 14.1. The zero-order chi connectivity index (χ0) is 22.8. The third-order valence-corrected chi connectivity index (χ3v) is 6.82. The Morgan fingerprint density at radius 2 is 1.94 bits per heavy atom. The maximum atomic E-state index is 13.6. The molecule has 0 saturated carbocycles. The molecule has 1 atom stereocenters. The minimum atomic E-state index is -0.694. The van der Waals surface area contributed by atoms with Crippen LogP contribution in [-0.2, 0) is 9.53 Å². The standard InChI is InChI=1S/C24H21IN2O4S/c1-4-31-23(29)20-14(2)26-24-27(21(20)17-7-5-6-8-18(17)30-3)22(28)19(32-24)13-15-9-11-16(25)12-10-15/h5-13,21H,4H2,1-3H3. The molecule has 4 rings (SSSR count). The second-order valence-electron chi connectivity index (χ2n) is 7.10. The van der Waals surface area contributed by atoms with Gasteiger partial charge in [-0.05, 0) is 66.3 Å². The Labute approximate surface area is 202 Å². The molecule has 1 aromatic heterocycles. The minimum Gasteiger partial charge on any atom is -0.496 e. The van der Waals surface area contributed by atoms with E-state index >= 15 is 0 Å². The fourth-order valence-corrected chi connectivity index (χ4v) is 5.09. The van der Waals surface area contributed by atoms with Gasteiger partial charge in [-0.3, -0.25) is 9.36 Å². The van der Waals surface area contributed by atoms with Gasteiger partial charge < -0.3 is 9.47 Å². The van der Waals surface area contributed by atoms with Crippen molar-refractivity contribution >= 4 is 46.0 Å². The van der Waals surface area contributed by atoms with Crippen LogP contribution in [-0.4, -0.2) is 24.3 Å². The lowest BCUT2D eigenvalue weighted by Crippen LogP contribution is -2.40. The normalized spacial score (nSPS) is 15.9. The summed E-state index contributed by atoms with van der Waals surface area (Å²) in [5.74, 6) is 0.0952. The van der Waals surface area contributed by atoms with Crippen LogP contribution in [0.1, 0.15) is 31.0 Å². The number of para-hydroxylation sites is 1. The maximum absolute atomic E-state index is 13.6. The quantitative estimate of drug-likeness (QED) is 0.355. The second-order valence-corrected chi connectivity index (χ2v) is 9.35. The summed E-state index contributed by atoms with van der Waals surface area (Å²) >= 11 is 3.55. The Bertz CT molecular complexity index is 1390. The predicted molar refractivity (Wildman–Crippen MR) is 133 cm³/mol. The van der Waals surface area contributed by atoms with Crippen molar-refractivity contribution < 1.29 is 14.3 Å². The van der Waals surface area contributed by atoms with E-state index in [9.17, 15) is 9.59 Å². The zero-order valence-corrected chi connectivity index (χ0v) is 20.8. The molecule has 0 aliphatic carbocycles. The lowest BCUT2D eigenvalue weighted by Gasteiger charge is -2.25. The number of methoxy groups -OCH3 is 1. The minimum absolute atomic E-state index is 0.211. The van der Waals surface area contributed by atoms with E-state index in [2.05, 4.69) is 27.6 Å². The number of halogens is 1. The average Bonchev–Trinajstić information content (AvgIpc) is 3.09. The van der Waals surface area contributed by atoms with Crippen molar-refractivity contribution in [1.29, 1.82) is 0 Å². The molecule has 0 fully saturated rings. The first-order valence-corrected chi connectivity index (χ1v) is 11.9. The number of aromatic nitrogens is 1. The second kappa shape index (κ2) is 9.41. The van der Waals surface area contributed by atoms with Crippen LogP contribution in [0.3, 0.4) is 0 Å². The van der Waals surface area contributed by atoms with Crippen LogP contribution in [0, 0.1) is 3.57 Å². The van der Waals surface area contributed by atoms with Crippen molar-refractivity contribution in [1.82, 2.24) is 4.57 Å². The van der Waals surface area contributed by atoms with Crippen molar-refractivity contribution in [2.45, 2.75) is 19.9 Å². The number of hydrogen-bond donors (Lipinski definition) is 0. The van der Waals surface area contributed by atoms with E-state index in [0.717, 1.165) is 9.13 Å². The Morgan fingerprint density at radius 3 is 2.62 bits per heavy atom. The van der Waals surface area contributed by atoms with Crippen LogP contribution < -0.4 is 19.6 Å². The Hall–Kier alpha value is -2.72. The molecule has 0 amide bonds. The van der Waals surface area contributed by atoms with E-state index < -0.39 is 12.0 Å². The van der Waals surface area contributed by atoms with Crippen LogP contribution in [0.15, 0.2) is 69.6 Å². The van der Waals surface area contributed by atoms with E-state index in [0.29, 0.717) is 31.9 Å². The van der Waals surface area contributed by atoms with Crippen LogP contribution >= 0.6 is 33.9 Å². The first kappa shape index (κ1) is 22.5. The van der Waals surface area contributed by atoms with Crippen LogP contribution in [0.25, 0.3) is 6.08 Å². The van der Waals surface area contributed by atoms with E-state index in [1.807, 2.05) is 54.6 Å². The Balaban J connectivity index is 1.98. The third kappa shape index (κ3) is 4.16. The number of rotatable bonds is 5. The summed E-state index contributed by atoms with van der Waals surface area (Å²) in [4.78, 5) is 31.6. The molecule has 0 radical (unpaired) electrons. The Kier molecular flexibility index (Phi) is 6.61. The molecular weight excluding hydrogens is 539 g/mol. The van der Waals surface area contributed by atoms with Crippen LogP contribution in [0.2, 0.25) is 0 Å². The summed E-state index contributed by atoms with van der Waals surface area (Å²) in [5.41, 5.74) is 2.28. The van der Waals surface area contributed by atoms with Gasteiger partial charge in [0.05, 0.1) is 29.5 Å². The number of carbonyl (C=O) groups excluding carboxylic acids is 1. The largest absolute Gasteiger partial charge is 0.496 e. The van der Waals surface area contributed by atoms with Gasteiger partial charge in [0, 0.05) is 9.13 Å². The molecule has 3 aromatic rings. The van der Waals surface area contributed by atoms with Crippen LogP contribution in [0.4, 0.5) is 0 Å². The van der Waals surface area contributed by atoms with Gasteiger partial charge in [-0.15, -0.1) is 0 Å². The molecule has 32 heavy (non-hydrogen) atoms. The molecule has 6 nitrogen and oxygen atoms in total.